The molecule has 120 valence electrons. The van der Waals surface area contributed by atoms with Gasteiger partial charge in [0.25, 0.3) is 5.91 Å². The molecular formula is C17H19N3O2S. The fourth-order valence-electron chi connectivity index (χ4n) is 2.57. The molecule has 1 saturated heterocycles. The fourth-order valence-corrected chi connectivity index (χ4v) is 3.35. The number of hydrogen-bond donors (Lipinski definition) is 2. The third-order valence-electron chi connectivity index (χ3n) is 3.85. The molecule has 1 unspecified atom stereocenters. The Hall–Kier alpha value is -2.21. The summed E-state index contributed by atoms with van der Waals surface area (Å²) in [5.41, 5.74) is 1.66. The maximum atomic E-state index is 12.2. The monoisotopic (exact) mass is 329 g/mol. The van der Waals surface area contributed by atoms with Crippen LogP contribution in [0.5, 0.6) is 0 Å². The van der Waals surface area contributed by atoms with E-state index >= 15 is 0 Å². The summed E-state index contributed by atoms with van der Waals surface area (Å²) < 4.78 is 0. The van der Waals surface area contributed by atoms with Crippen LogP contribution in [-0.2, 0) is 17.6 Å². The van der Waals surface area contributed by atoms with Gasteiger partial charge in [0.2, 0.25) is 5.91 Å². The first-order valence-electron chi connectivity index (χ1n) is 7.79. The number of aromatic nitrogens is 1. The van der Waals surface area contributed by atoms with Crippen LogP contribution < -0.4 is 10.6 Å². The zero-order chi connectivity index (χ0) is 16.1. The molecular weight excluding hydrogens is 310 g/mol. The van der Waals surface area contributed by atoms with Gasteiger partial charge in [-0.1, -0.05) is 30.3 Å². The van der Waals surface area contributed by atoms with Gasteiger partial charge < -0.3 is 10.6 Å². The van der Waals surface area contributed by atoms with Crippen molar-refractivity contribution in [3.63, 3.8) is 0 Å². The molecule has 0 aliphatic carbocycles. The van der Waals surface area contributed by atoms with Crippen molar-refractivity contribution in [1.82, 2.24) is 15.6 Å². The summed E-state index contributed by atoms with van der Waals surface area (Å²) in [5, 5.41) is 8.22. The van der Waals surface area contributed by atoms with Gasteiger partial charge in [-0.3, -0.25) is 9.59 Å². The van der Waals surface area contributed by atoms with Crippen molar-refractivity contribution in [2.24, 2.45) is 0 Å². The molecule has 23 heavy (non-hydrogen) atoms. The highest BCUT2D eigenvalue weighted by Gasteiger charge is 2.24. The molecule has 0 spiro atoms. The summed E-state index contributed by atoms with van der Waals surface area (Å²) in [6.45, 7) is 0.686. The van der Waals surface area contributed by atoms with Crippen LogP contribution in [0, 0.1) is 0 Å². The van der Waals surface area contributed by atoms with Crippen molar-refractivity contribution in [3.05, 3.63) is 52.0 Å². The molecule has 1 aromatic heterocycles. The average molecular weight is 329 g/mol. The van der Waals surface area contributed by atoms with E-state index < -0.39 is 6.04 Å². The second-order valence-corrected chi connectivity index (χ2v) is 6.51. The van der Waals surface area contributed by atoms with E-state index in [1.54, 1.807) is 5.38 Å². The minimum absolute atomic E-state index is 0.107. The second kappa shape index (κ2) is 7.37. The summed E-state index contributed by atoms with van der Waals surface area (Å²) in [6.07, 6.45) is 3.28. The zero-order valence-corrected chi connectivity index (χ0v) is 13.6. The van der Waals surface area contributed by atoms with Crippen LogP contribution in [-0.4, -0.2) is 29.4 Å². The predicted molar refractivity (Wildman–Crippen MR) is 89.5 cm³/mol. The van der Waals surface area contributed by atoms with Gasteiger partial charge in [-0.25, -0.2) is 4.98 Å². The minimum Gasteiger partial charge on any atom is -0.354 e. The molecule has 1 aliphatic rings. The second-order valence-electron chi connectivity index (χ2n) is 5.57. The average Bonchev–Trinajstić information content (AvgIpc) is 3.05. The maximum Gasteiger partial charge on any atom is 0.271 e. The summed E-state index contributed by atoms with van der Waals surface area (Å²) >= 11 is 1.49. The normalized spacial score (nSPS) is 17.6. The van der Waals surface area contributed by atoms with Crippen molar-refractivity contribution in [1.29, 1.82) is 0 Å². The van der Waals surface area contributed by atoms with Crippen LogP contribution in [0.4, 0.5) is 0 Å². The van der Waals surface area contributed by atoms with Crippen molar-refractivity contribution >= 4 is 23.2 Å². The van der Waals surface area contributed by atoms with Crippen LogP contribution in [0.3, 0.4) is 0 Å². The third kappa shape index (κ3) is 4.16. The quantitative estimate of drug-likeness (QED) is 0.880. The Labute approximate surface area is 139 Å². The number of thiazole rings is 1. The first-order chi connectivity index (χ1) is 11.2. The lowest BCUT2D eigenvalue weighted by molar-refractivity contribution is -0.124. The van der Waals surface area contributed by atoms with E-state index in [4.69, 9.17) is 0 Å². The Morgan fingerprint density at radius 3 is 2.91 bits per heavy atom. The van der Waals surface area contributed by atoms with E-state index in [1.807, 2.05) is 18.2 Å². The summed E-state index contributed by atoms with van der Waals surface area (Å²) in [7, 11) is 0. The first-order valence-corrected chi connectivity index (χ1v) is 8.67. The third-order valence-corrected chi connectivity index (χ3v) is 4.75. The van der Waals surface area contributed by atoms with Gasteiger partial charge in [-0.05, 0) is 24.8 Å². The van der Waals surface area contributed by atoms with E-state index in [-0.39, 0.29) is 11.8 Å². The van der Waals surface area contributed by atoms with Crippen molar-refractivity contribution < 1.29 is 9.59 Å². The Balaban J connectivity index is 1.55. The van der Waals surface area contributed by atoms with E-state index in [2.05, 4.69) is 27.8 Å². The predicted octanol–water partition coefficient (Wildman–Crippen LogP) is 1.94. The maximum absolute atomic E-state index is 12.2. The lowest BCUT2D eigenvalue weighted by Crippen LogP contribution is -2.50. The molecule has 0 radical (unpaired) electrons. The minimum atomic E-state index is -0.439. The first kappa shape index (κ1) is 15.7. The molecule has 1 atom stereocenters. The van der Waals surface area contributed by atoms with Crippen LogP contribution in [0.1, 0.15) is 33.9 Å². The smallest absolute Gasteiger partial charge is 0.271 e. The lowest BCUT2D eigenvalue weighted by atomic mass is 10.1. The topological polar surface area (TPSA) is 71.1 Å². The molecule has 1 fully saturated rings. The fraction of sp³-hybridized carbons (Fsp3) is 0.353. The Morgan fingerprint density at radius 2 is 2.13 bits per heavy atom. The molecule has 2 aromatic rings. The number of nitrogens with zero attached hydrogens (tertiary/aromatic N) is 1. The SMILES string of the molecule is O=C(NC1CCCNC1=O)c1csc(CCc2ccccc2)n1. The van der Waals surface area contributed by atoms with Crippen molar-refractivity contribution in [2.75, 3.05) is 6.54 Å². The van der Waals surface area contributed by atoms with Gasteiger partial charge in [0.1, 0.15) is 11.7 Å². The lowest BCUT2D eigenvalue weighted by Gasteiger charge is -2.22. The Kier molecular flexibility index (Phi) is 5.02. The summed E-state index contributed by atoms with van der Waals surface area (Å²) in [6, 6.07) is 9.77. The molecule has 6 heteroatoms. The number of hydrogen-bond acceptors (Lipinski definition) is 4. The van der Waals surface area contributed by atoms with E-state index in [1.165, 1.54) is 16.9 Å². The van der Waals surface area contributed by atoms with Gasteiger partial charge in [-0.2, -0.15) is 0 Å². The number of benzene rings is 1. The van der Waals surface area contributed by atoms with Crippen LogP contribution in [0.15, 0.2) is 35.7 Å². The molecule has 0 saturated carbocycles. The van der Waals surface area contributed by atoms with Gasteiger partial charge >= 0.3 is 0 Å². The largest absolute Gasteiger partial charge is 0.354 e. The summed E-state index contributed by atoms with van der Waals surface area (Å²) in [4.78, 5) is 28.3. The summed E-state index contributed by atoms with van der Waals surface area (Å²) in [5.74, 6) is -0.376. The standard InChI is InChI=1S/C17H19N3O2S/c21-16-13(7-4-10-18-16)20-17(22)14-11-23-15(19-14)9-8-12-5-2-1-3-6-12/h1-3,5-6,11,13H,4,7-10H2,(H,18,21)(H,20,22). The van der Waals surface area contributed by atoms with Gasteiger partial charge in [-0.15, -0.1) is 11.3 Å². The van der Waals surface area contributed by atoms with E-state index in [0.29, 0.717) is 18.7 Å². The van der Waals surface area contributed by atoms with E-state index in [0.717, 1.165) is 24.3 Å². The Bertz CT molecular complexity index is 684. The highest BCUT2D eigenvalue weighted by molar-refractivity contribution is 7.09. The highest BCUT2D eigenvalue weighted by Crippen LogP contribution is 2.14. The molecule has 2 N–H and O–H groups in total. The number of nitrogens with one attached hydrogen (secondary N) is 2. The molecule has 0 bridgehead atoms. The Morgan fingerprint density at radius 1 is 1.30 bits per heavy atom. The van der Waals surface area contributed by atoms with Crippen LogP contribution in [0.2, 0.25) is 0 Å². The molecule has 2 amide bonds. The number of aryl methyl sites for hydroxylation is 2. The van der Waals surface area contributed by atoms with Gasteiger partial charge in [0.15, 0.2) is 0 Å². The highest BCUT2D eigenvalue weighted by atomic mass is 32.1. The van der Waals surface area contributed by atoms with Gasteiger partial charge in [0, 0.05) is 18.3 Å². The molecule has 5 nitrogen and oxygen atoms in total. The molecule has 3 rings (SSSR count). The van der Waals surface area contributed by atoms with Crippen LogP contribution >= 0.6 is 11.3 Å². The number of piperidine rings is 1. The molecule has 1 aliphatic heterocycles. The number of carbonyl (C=O) groups excluding carboxylic acids is 2. The number of carbonyl (C=O) groups is 2. The van der Waals surface area contributed by atoms with Crippen molar-refractivity contribution in [2.45, 2.75) is 31.7 Å². The van der Waals surface area contributed by atoms with Crippen molar-refractivity contribution in [3.8, 4) is 0 Å². The zero-order valence-electron chi connectivity index (χ0n) is 12.7. The van der Waals surface area contributed by atoms with E-state index in [9.17, 15) is 9.59 Å². The number of rotatable bonds is 5. The molecule has 2 heterocycles. The van der Waals surface area contributed by atoms with Gasteiger partial charge in [0.05, 0.1) is 5.01 Å². The number of amides is 2. The molecule has 1 aromatic carbocycles. The van der Waals surface area contributed by atoms with Crippen LogP contribution in [0.25, 0.3) is 0 Å².